The van der Waals surface area contributed by atoms with Crippen molar-refractivity contribution in [2.75, 3.05) is 31.4 Å². The maximum absolute atomic E-state index is 14.5. The van der Waals surface area contributed by atoms with E-state index < -0.39 is 23.8 Å². The summed E-state index contributed by atoms with van der Waals surface area (Å²) in [5, 5.41) is 30.6. The fourth-order valence-corrected chi connectivity index (χ4v) is 7.35. The molecule has 10 nitrogen and oxygen atoms in total. The largest absolute Gasteiger partial charge is 0.493 e. The predicted octanol–water partition coefficient (Wildman–Crippen LogP) is 5.79. The second kappa shape index (κ2) is 16.5. The minimum Gasteiger partial charge on any atom is -0.493 e. The first kappa shape index (κ1) is 36.1. The fraction of sp³-hybridized carbons (Fsp3) is 0.474. The Morgan fingerprint density at radius 3 is 2.43 bits per heavy atom. The van der Waals surface area contributed by atoms with Crippen LogP contribution in [0.5, 0.6) is 17.2 Å². The molecule has 3 N–H and O–H groups in total. The molecule has 0 saturated carbocycles. The van der Waals surface area contributed by atoms with Crippen molar-refractivity contribution in [2.24, 2.45) is 5.92 Å². The van der Waals surface area contributed by atoms with E-state index in [9.17, 15) is 29.3 Å². The smallest absolute Gasteiger partial charge is 0.308 e. The number of rotatable bonds is 16. The van der Waals surface area contributed by atoms with Crippen LogP contribution >= 0.6 is 0 Å². The Morgan fingerprint density at radius 1 is 1.02 bits per heavy atom. The van der Waals surface area contributed by atoms with Crippen LogP contribution in [0.4, 0.5) is 10.1 Å². The van der Waals surface area contributed by atoms with Crippen molar-refractivity contribution in [3.63, 3.8) is 0 Å². The molecule has 2 heterocycles. The zero-order chi connectivity index (χ0) is 35.1. The van der Waals surface area contributed by atoms with Crippen molar-refractivity contribution in [1.82, 2.24) is 4.90 Å². The summed E-state index contributed by atoms with van der Waals surface area (Å²) in [4.78, 5) is 31.3. The molecule has 3 atom stereocenters. The molecule has 0 unspecified atom stereocenters. The Balaban J connectivity index is 1.50. The van der Waals surface area contributed by atoms with Gasteiger partial charge in [0, 0.05) is 41.4 Å². The normalized spacial score (nSPS) is 18.6. The van der Waals surface area contributed by atoms with Crippen LogP contribution in [-0.4, -0.2) is 70.7 Å². The number of benzene rings is 3. The van der Waals surface area contributed by atoms with Gasteiger partial charge in [0.2, 0.25) is 12.7 Å². The number of hydrogen-bond donors (Lipinski definition) is 3. The van der Waals surface area contributed by atoms with E-state index >= 15 is 0 Å². The molecule has 0 radical (unpaired) electrons. The number of carboxylic acids is 1. The van der Waals surface area contributed by atoms with Crippen LogP contribution in [0.15, 0.2) is 54.6 Å². The average molecular weight is 679 g/mol. The van der Waals surface area contributed by atoms with Crippen molar-refractivity contribution < 1.29 is 43.5 Å². The summed E-state index contributed by atoms with van der Waals surface area (Å²) in [7, 11) is 0. The van der Waals surface area contributed by atoms with Gasteiger partial charge in [-0.2, -0.15) is 0 Å². The number of aliphatic hydroxyl groups excluding tert-OH is 2. The van der Waals surface area contributed by atoms with E-state index in [1.807, 2.05) is 4.90 Å². The van der Waals surface area contributed by atoms with Gasteiger partial charge in [0.05, 0.1) is 32.3 Å². The van der Waals surface area contributed by atoms with Crippen LogP contribution in [0.25, 0.3) is 0 Å². The van der Waals surface area contributed by atoms with Gasteiger partial charge in [-0.3, -0.25) is 14.5 Å². The molecule has 0 aromatic heterocycles. The first-order chi connectivity index (χ1) is 23.7. The molecule has 49 heavy (non-hydrogen) atoms. The summed E-state index contributed by atoms with van der Waals surface area (Å²) in [6.45, 7) is 5.66. The molecule has 1 amide bonds. The highest BCUT2D eigenvalue weighted by molar-refractivity contribution is 5.95. The van der Waals surface area contributed by atoms with E-state index in [1.54, 1.807) is 60.4 Å². The quantitative estimate of drug-likeness (QED) is 0.173. The molecule has 264 valence electrons. The molecule has 3 aromatic carbocycles. The molecule has 0 aliphatic carbocycles. The van der Waals surface area contributed by atoms with Gasteiger partial charge in [-0.15, -0.1) is 0 Å². The van der Waals surface area contributed by atoms with E-state index in [-0.39, 0.29) is 57.5 Å². The lowest BCUT2D eigenvalue weighted by molar-refractivity contribution is -0.143. The molecule has 5 rings (SSSR count). The Labute approximate surface area is 287 Å². The highest BCUT2D eigenvalue weighted by Crippen LogP contribution is 2.45. The number of hydrogen-bond acceptors (Lipinski definition) is 8. The second-order valence-corrected chi connectivity index (χ2v) is 12.9. The van der Waals surface area contributed by atoms with Crippen LogP contribution in [0.2, 0.25) is 0 Å². The number of halogens is 1. The summed E-state index contributed by atoms with van der Waals surface area (Å²) in [5.74, 6) is -1.61. The second-order valence-electron chi connectivity index (χ2n) is 12.9. The van der Waals surface area contributed by atoms with Crippen LogP contribution in [-0.2, 0) is 22.8 Å². The number of para-hydroxylation sites is 1. The summed E-state index contributed by atoms with van der Waals surface area (Å²) < 4.78 is 31.6. The van der Waals surface area contributed by atoms with Gasteiger partial charge in [0.25, 0.3) is 0 Å². The van der Waals surface area contributed by atoms with Gasteiger partial charge in [0.15, 0.2) is 11.5 Å². The number of anilines is 1. The lowest BCUT2D eigenvalue weighted by atomic mass is 9.83. The van der Waals surface area contributed by atoms with Gasteiger partial charge >= 0.3 is 5.97 Å². The Morgan fingerprint density at radius 2 is 1.76 bits per heavy atom. The molecule has 11 heteroatoms. The highest BCUT2D eigenvalue weighted by atomic mass is 19.1. The lowest BCUT2D eigenvalue weighted by Gasteiger charge is -2.35. The third-order valence-electron chi connectivity index (χ3n) is 9.65. The van der Waals surface area contributed by atoms with Gasteiger partial charge < -0.3 is 34.4 Å². The van der Waals surface area contributed by atoms with Crippen molar-refractivity contribution in [3.05, 3.63) is 82.7 Å². The van der Waals surface area contributed by atoms with E-state index in [0.717, 1.165) is 25.7 Å². The summed E-state index contributed by atoms with van der Waals surface area (Å²) in [6, 6.07) is 14.7. The highest BCUT2D eigenvalue weighted by Gasteiger charge is 2.48. The number of carboxylic acid groups (broad SMARTS) is 1. The predicted molar refractivity (Wildman–Crippen MR) is 182 cm³/mol. The molecule has 2 aliphatic rings. The van der Waals surface area contributed by atoms with Crippen LogP contribution in [0, 0.1) is 18.7 Å². The van der Waals surface area contributed by atoms with E-state index in [2.05, 4.69) is 13.8 Å². The fourth-order valence-electron chi connectivity index (χ4n) is 7.35. The zero-order valence-electron chi connectivity index (χ0n) is 28.4. The van der Waals surface area contributed by atoms with E-state index in [0.29, 0.717) is 51.6 Å². The monoisotopic (exact) mass is 678 g/mol. The molecule has 3 aromatic rings. The van der Waals surface area contributed by atoms with Crippen molar-refractivity contribution in [2.45, 2.75) is 84.1 Å². The number of nitrogens with zero attached hydrogens (tertiary/aromatic N) is 2. The van der Waals surface area contributed by atoms with Gasteiger partial charge in [-0.05, 0) is 73.7 Å². The summed E-state index contributed by atoms with van der Waals surface area (Å²) in [6.07, 6.45) is 3.53. The third-order valence-corrected chi connectivity index (χ3v) is 9.65. The standard InChI is InChI=1S/C38H47FN2O8/c1-4-8-28(9-5-2)41(29-12-13-31(39)24(3)16-29)35(44)20-40-19-30(26-17-27(22-43)37-34(18-26)48-23-49-37)36(38(45)46)32(40)14-15-47-33-11-7-6-10-25(33)21-42/h6-7,10-13,16-18,28,30,32,36,42-43H,4-5,8-9,14-15,19-23H2,1-3H3,(H,45,46)/t30-,32+,36-/m1/s1. The lowest BCUT2D eigenvalue weighted by Crippen LogP contribution is -2.48. The Kier molecular flexibility index (Phi) is 12.1. The number of ether oxygens (including phenoxy) is 3. The van der Waals surface area contributed by atoms with Crippen LogP contribution < -0.4 is 19.1 Å². The van der Waals surface area contributed by atoms with Crippen molar-refractivity contribution in [1.29, 1.82) is 0 Å². The molecule has 0 bridgehead atoms. The maximum Gasteiger partial charge on any atom is 0.308 e. The summed E-state index contributed by atoms with van der Waals surface area (Å²) in [5.41, 5.74) is 2.85. The number of aliphatic hydroxyl groups is 2. The molecule has 2 aliphatic heterocycles. The average Bonchev–Trinajstić information content (AvgIpc) is 3.71. The topological polar surface area (TPSA) is 129 Å². The zero-order valence-corrected chi connectivity index (χ0v) is 28.4. The number of aryl methyl sites for hydroxylation is 1. The minimum atomic E-state index is -1.01. The van der Waals surface area contributed by atoms with E-state index in [4.69, 9.17) is 14.2 Å². The SMILES string of the molecule is CCCC(CCC)N(C(=O)CN1C[C@H](c2cc(CO)c3c(c2)OCO3)[C@@H](C(=O)O)[C@@H]1CCOc1ccccc1CO)c1ccc(F)c(C)c1. The Hall–Kier alpha value is -4.19. The van der Waals surface area contributed by atoms with Gasteiger partial charge in [-0.1, -0.05) is 44.9 Å². The molecule has 0 spiro atoms. The molecule has 1 saturated heterocycles. The van der Waals surface area contributed by atoms with Crippen molar-refractivity contribution >= 4 is 17.6 Å². The number of likely N-dealkylation sites (tertiary alicyclic amines) is 1. The number of carbonyl (C=O) groups is 2. The number of carbonyl (C=O) groups excluding carboxylic acids is 1. The van der Waals surface area contributed by atoms with E-state index in [1.165, 1.54) is 6.07 Å². The molecular formula is C38H47FN2O8. The first-order valence-electron chi connectivity index (χ1n) is 17.1. The molecule has 1 fully saturated rings. The number of aliphatic carboxylic acids is 1. The van der Waals surface area contributed by atoms with Gasteiger partial charge in [-0.25, -0.2) is 4.39 Å². The van der Waals surface area contributed by atoms with Crippen LogP contribution in [0.3, 0.4) is 0 Å². The van der Waals surface area contributed by atoms with Gasteiger partial charge in [0.1, 0.15) is 11.6 Å². The minimum absolute atomic E-state index is 0.00407. The third kappa shape index (κ3) is 8.01. The van der Waals surface area contributed by atoms with Crippen LogP contribution in [0.1, 0.15) is 74.1 Å². The first-order valence-corrected chi connectivity index (χ1v) is 17.1. The summed E-state index contributed by atoms with van der Waals surface area (Å²) >= 11 is 0. The molecular weight excluding hydrogens is 631 g/mol. The maximum atomic E-state index is 14.5. The Bertz CT molecular complexity index is 1610. The van der Waals surface area contributed by atoms with Crippen molar-refractivity contribution in [3.8, 4) is 17.2 Å². The number of fused-ring (bicyclic) bond motifs is 1. The number of amides is 1.